The number of anilines is 1. The van der Waals surface area contributed by atoms with Gasteiger partial charge in [-0.2, -0.15) is 0 Å². The van der Waals surface area contributed by atoms with Crippen LogP contribution in [-0.2, 0) is 0 Å². The molecule has 26 heavy (non-hydrogen) atoms. The molecular formula is C19H13BrN2O4. The molecule has 0 aromatic heterocycles. The summed E-state index contributed by atoms with van der Waals surface area (Å²) >= 11 is 3.23. The number of phenolic OH excluding ortho intramolecular Hbond substituents is 1. The normalized spacial score (nSPS) is 10.3. The minimum absolute atomic E-state index is 0.0342. The molecule has 0 heterocycles. The van der Waals surface area contributed by atoms with Crippen LogP contribution >= 0.6 is 15.9 Å². The number of halogens is 1. The van der Waals surface area contributed by atoms with E-state index in [0.29, 0.717) is 10.2 Å². The molecule has 2 N–H and O–H groups in total. The summed E-state index contributed by atoms with van der Waals surface area (Å²) in [5, 5.41) is 23.3. The third-order valence-electron chi connectivity index (χ3n) is 3.76. The molecule has 0 saturated heterocycles. The molecule has 1 amide bonds. The fourth-order valence-electron chi connectivity index (χ4n) is 2.42. The van der Waals surface area contributed by atoms with Gasteiger partial charge in [0.2, 0.25) is 0 Å². The number of hydrogen-bond donors (Lipinski definition) is 2. The van der Waals surface area contributed by atoms with Gasteiger partial charge in [0.15, 0.2) is 0 Å². The molecule has 0 radical (unpaired) electrons. The van der Waals surface area contributed by atoms with E-state index in [1.165, 1.54) is 24.3 Å². The first kappa shape index (κ1) is 17.6. The van der Waals surface area contributed by atoms with Gasteiger partial charge in [0.05, 0.1) is 10.5 Å². The van der Waals surface area contributed by atoms with E-state index in [0.717, 1.165) is 11.1 Å². The van der Waals surface area contributed by atoms with Crippen molar-refractivity contribution in [2.75, 3.05) is 5.32 Å². The van der Waals surface area contributed by atoms with Crippen LogP contribution in [0.5, 0.6) is 5.75 Å². The molecule has 0 spiro atoms. The van der Waals surface area contributed by atoms with Crippen LogP contribution in [0.4, 0.5) is 11.4 Å². The summed E-state index contributed by atoms with van der Waals surface area (Å²) in [6.07, 6.45) is 0. The van der Waals surface area contributed by atoms with Crippen LogP contribution in [0.25, 0.3) is 11.1 Å². The Bertz CT molecular complexity index is 970. The highest BCUT2D eigenvalue weighted by Crippen LogP contribution is 2.26. The van der Waals surface area contributed by atoms with Gasteiger partial charge in [0.1, 0.15) is 5.75 Å². The average molecular weight is 413 g/mol. The molecule has 0 bridgehead atoms. The van der Waals surface area contributed by atoms with Gasteiger partial charge in [-0.3, -0.25) is 14.9 Å². The van der Waals surface area contributed by atoms with Gasteiger partial charge < -0.3 is 10.4 Å². The first-order chi connectivity index (χ1) is 12.4. The number of rotatable bonds is 4. The minimum atomic E-state index is -0.444. The standard InChI is InChI=1S/C19H13BrN2O4/c20-14-5-10-17(18(23)11-14)19(24)21-15-6-1-12(2-7-15)13-3-8-16(9-4-13)22(25)26/h1-11,23H,(H,21,24). The van der Waals surface area contributed by atoms with Gasteiger partial charge in [-0.1, -0.05) is 28.1 Å². The number of phenols is 1. The maximum Gasteiger partial charge on any atom is 0.269 e. The quantitative estimate of drug-likeness (QED) is 0.466. The van der Waals surface area contributed by atoms with E-state index in [1.54, 1.807) is 42.5 Å². The molecule has 7 heteroatoms. The van der Waals surface area contributed by atoms with Gasteiger partial charge in [-0.05, 0) is 53.6 Å². The van der Waals surface area contributed by atoms with Gasteiger partial charge in [0.25, 0.3) is 11.6 Å². The van der Waals surface area contributed by atoms with Crippen molar-refractivity contribution < 1.29 is 14.8 Å². The molecule has 0 atom stereocenters. The van der Waals surface area contributed by atoms with Crippen molar-refractivity contribution in [3.05, 3.63) is 86.9 Å². The molecule has 0 fully saturated rings. The molecule has 0 saturated carbocycles. The molecule has 0 aliphatic carbocycles. The molecule has 6 nitrogen and oxygen atoms in total. The number of hydrogen-bond acceptors (Lipinski definition) is 4. The van der Waals surface area contributed by atoms with Crippen LogP contribution in [0.1, 0.15) is 10.4 Å². The second-order valence-corrected chi connectivity index (χ2v) is 6.41. The van der Waals surface area contributed by atoms with E-state index >= 15 is 0 Å². The Morgan fingerprint density at radius 2 is 1.54 bits per heavy atom. The predicted molar refractivity (Wildman–Crippen MR) is 102 cm³/mol. The van der Waals surface area contributed by atoms with Gasteiger partial charge in [-0.25, -0.2) is 0 Å². The van der Waals surface area contributed by atoms with Crippen molar-refractivity contribution in [1.29, 1.82) is 0 Å². The van der Waals surface area contributed by atoms with Gasteiger partial charge in [-0.15, -0.1) is 0 Å². The summed E-state index contributed by atoms with van der Waals surface area (Å²) in [6.45, 7) is 0. The number of carbonyl (C=O) groups excluding carboxylic acids is 1. The molecule has 0 unspecified atom stereocenters. The Morgan fingerprint density at radius 1 is 0.962 bits per heavy atom. The average Bonchev–Trinajstić information content (AvgIpc) is 2.62. The molecule has 0 aliphatic rings. The fourth-order valence-corrected chi connectivity index (χ4v) is 2.77. The number of aromatic hydroxyl groups is 1. The lowest BCUT2D eigenvalue weighted by Gasteiger charge is -2.08. The third-order valence-corrected chi connectivity index (χ3v) is 4.25. The van der Waals surface area contributed by atoms with E-state index in [9.17, 15) is 20.0 Å². The summed E-state index contributed by atoms with van der Waals surface area (Å²) in [7, 11) is 0. The Hall–Kier alpha value is -3.19. The number of nitro benzene ring substituents is 1. The number of nitrogens with zero attached hydrogens (tertiary/aromatic N) is 1. The third kappa shape index (κ3) is 3.89. The van der Waals surface area contributed by atoms with E-state index in [2.05, 4.69) is 21.2 Å². The largest absolute Gasteiger partial charge is 0.507 e. The molecule has 3 aromatic rings. The lowest BCUT2D eigenvalue weighted by molar-refractivity contribution is -0.384. The molecule has 0 aliphatic heterocycles. The van der Waals surface area contributed by atoms with Crippen LogP contribution < -0.4 is 5.32 Å². The zero-order chi connectivity index (χ0) is 18.7. The Labute approximate surface area is 157 Å². The van der Waals surface area contributed by atoms with Crippen molar-refractivity contribution >= 4 is 33.2 Å². The Morgan fingerprint density at radius 3 is 2.08 bits per heavy atom. The number of carbonyl (C=O) groups is 1. The highest BCUT2D eigenvalue weighted by atomic mass is 79.9. The second kappa shape index (κ2) is 7.37. The van der Waals surface area contributed by atoms with Crippen LogP contribution in [0, 0.1) is 10.1 Å². The minimum Gasteiger partial charge on any atom is -0.507 e. The summed E-state index contributed by atoms with van der Waals surface area (Å²) in [4.78, 5) is 22.5. The monoisotopic (exact) mass is 412 g/mol. The predicted octanol–water partition coefficient (Wildman–Crippen LogP) is 4.98. The number of nitro groups is 1. The van der Waals surface area contributed by atoms with E-state index in [1.807, 2.05) is 0 Å². The number of non-ortho nitro benzene ring substituents is 1. The van der Waals surface area contributed by atoms with Crippen LogP contribution in [0.15, 0.2) is 71.2 Å². The summed E-state index contributed by atoms with van der Waals surface area (Å²) in [5.74, 6) is -0.530. The van der Waals surface area contributed by atoms with Gasteiger partial charge in [0, 0.05) is 22.3 Å². The van der Waals surface area contributed by atoms with E-state index in [-0.39, 0.29) is 17.0 Å². The van der Waals surface area contributed by atoms with Crippen LogP contribution in [0.2, 0.25) is 0 Å². The molecule has 3 rings (SSSR count). The van der Waals surface area contributed by atoms with E-state index < -0.39 is 10.8 Å². The number of benzene rings is 3. The number of nitrogens with one attached hydrogen (secondary N) is 1. The van der Waals surface area contributed by atoms with E-state index in [4.69, 9.17) is 0 Å². The Kier molecular flexibility index (Phi) is 4.99. The zero-order valence-corrected chi connectivity index (χ0v) is 14.9. The maximum atomic E-state index is 12.3. The SMILES string of the molecule is O=C(Nc1ccc(-c2ccc([N+](=O)[O-])cc2)cc1)c1ccc(Br)cc1O. The topological polar surface area (TPSA) is 92.5 Å². The lowest BCUT2D eigenvalue weighted by atomic mass is 10.0. The fraction of sp³-hybridized carbons (Fsp3) is 0. The summed E-state index contributed by atoms with van der Waals surface area (Å²) in [6, 6.07) is 17.9. The molecule has 130 valence electrons. The summed E-state index contributed by atoms with van der Waals surface area (Å²) in [5.41, 5.74) is 2.48. The van der Waals surface area contributed by atoms with Crippen LogP contribution in [-0.4, -0.2) is 15.9 Å². The maximum absolute atomic E-state index is 12.3. The number of amides is 1. The first-order valence-corrected chi connectivity index (χ1v) is 8.38. The lowest BCUT2D eigenvalue weighted by Crippen LogP contribution is -2.11. The van der Waals surface area contributed by atoms with Crippen molar-refractivity contribution in [2.45, 2.75) is 0 Å². The molecular weight excluding hydrogens is 400 g/mol. The highest BCUT2D eigenvalue weighted by Gasteiger charge is 2.12. The molecule has 3 aromatic carbocycles. The second-order valence-electron chi connectivity index (χ2n) is 5.50. The van der Waals surface area contributed by atoms with Crippen LogP contribution in [0.3, 0.4) is 0 Å². The first-order valence-electron chi connectivity index (χ1n) is 7.59. The smallest absolute Gasteiger partial charge is 0.269 e. The van der Waals surface area contributed by atoms with Gasteiger partial charge >= 0.3 is 0 Å². The van der Waals surface area contributed by atoms with Crippen molar-refractivity contribution in [3.63, 3.8) is 0 Å². The van der Waals surface area contributed by atoms with Crippen molar-refractivity contribution in [2.24, 2.45) is 0 Å². The van der Waals surface area contributed by atoms with Crippen molar-refractivity contribution in [3.8, 4) is 16.9 Å². The van der Waals surface area contributed by atoms with Crippen molar-refractivity contribution in [1.82, 2.24) is 0 Å². The zero-order valence-electron chi connectivity index (χ0n) is 13.3. The summed E-state index contributed by atoms with van der Waals surface area (Å²) < 4.78 is 0.680. The highest BCUT2D eigenvalue weighted by molar-refractivity contribution is 9.10. The Balaban J connectivity index is 1.75.